The van der Waals surface area contributed by atoms with Crippen LogP contribution in [0.15, 0.2) is 30.5 Å². The van der Waals surface area contributed by atoms with Gasteiger partial charge in [-0.25, -0.2) is 0 Å². The Hall–Kier alpha value is -2.37. The lowest BCUT2D eigenvalue weighted by atomic mass is 10.2. The molecule has 2 aromatic rings. The smallest absolute Gasteiger partial charge is 0.270 e. The summed E-state index contributed by atoms with van der Waals surface area (Å²) in [5.74, 6) is -0.0421. The molecule has 0 aliphatic heterocycles. The molecule has 0 atom stereocenters. The van der Waals surface area contributed by atoms with E-state index < -0.39 is 4.92 Å². The molecule has 0 bridgehead atoms. The van der Waals surface area contributed by atoms with Crippen LogP contribution in [0.5, 0.6) is 0 Å². The maximum absolute atomic E-state index is 12.0. The number of aromatic nitrogens is 1. The summed E-state index contributed by atoms with van der Waals surface area (Å²) in [7, 11) is 0. The number of amides is 1. The van der Waals surface area contributed by atoms with Crippen molar-refractivity contribution in [2.75, 3.05) is 0 Å². The van der Waals surface area contributed by atoms with Crippen molar-refractivity contribution < 1.29 is 9.72 Å². The van der Waals surface area contributed by atoms with Crippen molar-refractivity contribution in [3.05, 3.63) is 40.6 Å². The maximum Gasteiger partial charge on any atom is 0.270 e. The summed E-state index contributed by atoms with van der Waals surface area (Å²) >= 11 is 0. The highest BCUT2D eigenvalue weighted by molar-refractivity contribution is 5.85. The zero-order valence-corrected chi connectivity index (χ0v) is 12.2. The Bertz CT molecular complexity index is 659. The predicted molar refractivity (Wildman–Crippen MR) is 81.1 cm³/mol. The highest BCUT2D eigenvalue weighted by Crippen LogP contribution is 2.21. The first kappa shape index (κ1) is 15.0. The third kappa shape index (κ3) is 3.39. The summed E-state index contributed by atoms with van der Waals surface area (Å²) in [5.41, 5.74) is 0.877. The largest absolute Gasteiger partial charge is 0.352 e. The van der Waals surface area contributed by atoms with Gasteiger partial charge in [0.2, 0.25) is 5.91 Å². The molecule has 1 aromatic carbocycles. The number of nitro groups is 1. The molecule has 1 aromatic heterocycles. The molecule has 112 valence electrons. The topological polar surface area (TPSA) is 77.2 Å². The van der Waals surface area contributed by atoms with Crippen LogP contribution in [0.2, 0.25) is 0 Å². The summed E-state index contributed by atoms with van der Waals surface area (Å²) < 4.78 is 1.80. The molecule has 2 rings (SSSR count). The molecular weight excluding hydrogens is 270 g/mol. The first-order valence-corrected chi connectivity index (χ1v) is 7.07. The number of non-ortho nitro benzene ring substituents is 1. The Kier molecular flexibility index (Phi) is 4.57. The van der Waals surface area contributed by atoms with E-state index in [9.17, 15) is 14.9 Å². The molecule has 1 N–H and O–H groups in total. The lowest BCUT2D eigenvalue weighted by Gasteiger charge is -2.15. The van der Waals surface area contributed by atoms with E-state index in [0.29, 0.717) is 0 Å². The van der Waals surface area contributed by atoms with Gasteiger partial charge in [0.05, 0.1) is 4.92 Å². The van der Waals surface area contributed by atoms with E-state index in [1.165, 1.54) is 12.1 Å². The Morgan fingerprint density at radius 2 is 2.05 bits per heavy atom. The van der Waals surface area contributed by atoms with Crippen molar-refractivity contribution in [2.24, 2.45) is 0 Å². The Balaban J connectivity index is 2.16. The van der Waals surface area contributed by atoms with Crippen molar-refractivity contribution in [1.29, 1.82) is 0 Å². The molecule has 0 radical (unpaired) electrons. The number of hydrogen-bond acceptors (Lipinski definition) is 3. The Morgan fingerprint density at radius 1 is 1.33 bits per heavy atom. The lowest BCUT2D eigenvalue weighted by molar-refractivity contribution is -0.384. The fourth-order valence-corrected chi connectivity index (χ4v) is 2.36. The number of carbonyl (C=O) groups is 1. The molecular formula is C15H19N3O3. The first-order chi connectivity index (χ1) is 10.0. The minimum absolute atomic E-state index is 0.0421. The highest BCUT2D eigenvalue weighted by atomic mass is 16.6. The second-order valence-corrected chi connectivity index (χ2v) is 5.02. The van der Waals surface area contributed by atoms with Gasteiger partial charge in [0.1, 0.15) is 6.54 Å². The van der Waals surface area contributed by atoms with Crippen LogP contribution >= 0.6 is 0 Å². The van der Waals surface area contributed by atoms with E-state index in [1.807, 2.05) is 13.8 Å². The van der Waals surface area contributed by atoms with Gasteiger partial charge in [0, 0.05) is 35.3 Å². The maximum atomic E-state index is 12.0. The van der Waals surface area contributed by atoms with E-state index in [2.05, 4.69) is 5.32 Å². The van der Waals surface area contributed by atoms with Crippen molar-refractivity contribution in [1.82, 2.24) is 9.88 Å². The SMILES string of the molecule is CCC(CC)NC(=O)Cn1ccc2cc([N+](=O)[O-])ccc21. The quantitative estimate of drug-likeness (QED) is 0.656. The number of nitrogens with one attached hydrogen (secondary N) is 1. The monoisotopic (exact) mass is 289 g/mol. The normalized spacial score (nSPS) is 11.0. The summed E-state index contributed by atoms with van der Waals surface area (Å²) in [4.78, 5) is 22.3. The summed E-state index contributed by atoms with van der Waals surface area (Å²) in [6.07, 6.45) is 3.59. The number of carbonyl (C=O) groups excluding carboxylic acids is 1. The zero-order chi connectivity index (χ0) is 15.4. The number of nitrogens with zero attached hydrogens (tertiary/aromatic N) is 2. The average Bonchev–Trinajstić information content (AvgIpc) is 2.87. The van der Waals surface area contributed by atoms with Crippen molar-refractivity contribution in [3.8, 4) is 0 Å². The summed E-state index contributed by atoms with van der Waals surface area (Å²) in [6, 6.07) is 6.63. The standard InChI is InChI=1S/C15H19N3O3/c1-3-12(4-2)16-15(19)10-17-8-7-11-9-13(18(20)21)5-6-14(11)17/h5-9,12H,3-4,10H2,1-2H3,(H,16,19). The van der Waals surface area contributed by atoms with E-state index in [0.717, 1.165) is 23.7 Å². The van der Waals surface area contributed by atoms with Crippen molar-refractivity contribution in [3.63, 3.8) is 0 Å². The minimum atomic E-state index is -0.420. The predicted octanol–water partition coefficient (Wildman–Crippen LogP) is 2.85. The van der Waals surface area contributed by atoms with E-state index in [4.69, 9.17) is 0 Å². The van der Waals surface area contributed by atoms with Gasteiger partial charge in [-0.1, -0.05) is 13.8 Å². The van der Waals surface area contributed by atoms with Gasteiger partial charge in [-0.15, -0.1) is 0 Å². The van der Waals surface area contributed by atoms with Crippen molar-refractivity contribution >= 4 is 22.5 Å². The fraction of sp³-hybridized carbons (Fsp3) is 0.400. The molecule has 0 unspecified atom stereocenters. The molecule has 0 aliphatic carbocycles. The van der Waals surface area contributed by atoms with E-state index in [-0.39, 0.29) is 24.2 Å². The van der Waals surface area contributed by atoms with E-state index in [1.54, 1.807) is 22.9 Å². The number of benzene rings is 1. The fourth-order valence-electron chi connectivity index (χ4n) is 2.36. The van der Waals surface area contributed by atoms with Gasteiger partial charge in [0.15, 0.2) is 0 Å². The van der Waals surface area contributed by atoms with Gasteiger partial charge in [-0.05, 0) is 25.0 Å². The van der Waals surface area contributed by atoms with Crippen LogP contribution in [-0.4, -0.2) is 21.4 Å². The molecule has 0 aliphatic rings. The Morgan fingerprint density at radius 3 is 2.67 bits per heavy atom. The van der Waals surface area contributed by atoms with Gasteiger partial charge in [0.25, 0.3) is 5.69 Å². The van der Waals surface area contributed by atoms with Crippen LogP contribution in [0, 0.1) is 10.1 Å². The molecule has 1 heterocycles. The Labute approximate surface area is 122 Å². The third-order valence-corrected chi connectivity index (χ3v) is 3.63. The molecule has 0 saturated carbocycles. The third-order valence-electron chi connectivity index (χ3n) is 3.63. The second-order valence-electron chi connectivity index (χ2n) is 5.02. The molecule has 1 amide bonds. The molecule has 21 heavy (non-hydrogen) atoms. The molecule has 0 saturated heterocycles. The molecule has 6 heteroatoms. The highest BCUT2D eigenvalue weighted by Gasteiger charge is 2.12. The van der Waals surface area contributed by atoms with Crippen LogP contribution in [-0.2, 0) is 11.3 Å². The van der Waals surface area contributed by atoms with Gasteiger partial charge >= 0.3 is 0 Å². The number of rotatable bonds is 6. The van der Waals surface area contributed by atoms with Gasteiger partial charge in [-0.3, -0.25) is 14.9 Å². The molecule has 6 nitrogen and oxygen atoms in total. The van der Waals surface area contributed by atoms with E-state index >= 15 is 0 Å². The van der Waals surface area contributed by atoms with Crippen LogP contribution in [0.3, 0.4) is 0 Å². The van der Waals surface area contributed by atoms with Crippen LogP contribution in [0.4, 0.5) is 5.69 Å². The second kappa shape index (κ2) is 6.39. The van der Waals surface area contributed by atoms with Crippen molar-refractivity contribution in [2.45, 2.75) is 39.3 Å². The lowest BCUT2D eigenvalue weighted by Crippen LogP contribution is -2.36. The summed E-state index contributed by atoms with van der Waals surface area (Å²) in [6.45, 7) is 4.30. The van der Waals surface area contributed by atoms with Crippen LogP contribution in [0.1, 0.15) is 26.7 Å². The summed E-state index contributed by atoms with van der Waals surface area (Å²) in [5, 5.41) is 14.5. The van der Waals surface area contributed by atoms with Crippen LogP contribution < -0.4 is 5.32 Å². The molecule has 0 fully saturated rings. The average molecular weight is 289 g/mol. The number of hydrogen-bond donors (Lipinski definition) is 1. The zero-order valence-electron chi connectivity index (χ0n) is 12.2. The van der Waals surface area contributed by atoms with Gasteiger partial charge < -0.3 is 9.88 Å². The first-order valence-electron chi connectivity index (χ1n) is 7.07. The number of nitro benzene ring substituents is 1. The van der Waals surface area contributed by atoms with Gasteiger partial charge in [-0.2, -0.15) is 0 Å². The molecule has 0 spiro atoms. The van der Waals surface area contributed by atoms with Crippen LogP contribution in [0.25, 0.3) is 10.9 Å². The minimum Gasteiger partial charge on any atom is -0.352 e. The number of fused-ring (bicyclic) bond motifs is 1.